The summed E-state index contributed by atoms with van der Waals surface area (Å²) in [5.74, 6) is 0.507. The summed E-state index contributed by atoms with van der Waals surface area (Å²) in [5.41, 5.74) is 1.58. The van der Waals surface area contributed by atoms with Gasteiger partial charge in [0.15, 0.2) is 5.78 Å². The normalized spacial score (nSPS) is 13.3. The van der Waals surface area contributed by atoms with Gasteiger partial charge in [0.1, 0.15) is 6.33 Å². The third-order valence-corrected chi connectivity index (χ3v) is 5.33. The maximum absolute atomic E-state index is 13.0. The molecule has 7 nitrogen and oxygen atoms in total. The topological polar surface area (TPSA) is 81.0 Å². The van der Waals surface area contributed by atoms with Crippen LogP contribution in [0.1, 0.15) is 16.8 Å². The summed E-state index contributed by atoms with van der Waals surface area (Å²) in [5, 5.41) is 2.13. The molecule has 1 aliphatic heterocycles. The number of aromatic nitrogens is 4. The van der Waals surface area contributed by atoms with Crippen molar-refractivity contribution in [2.45, 2.75) is 13.0 Å². The maximum Gasteiger partial charge on any atom is 0.255 e. The zero-order valence-corrected chi connectivity index (χ0v) is 16.2. The number of fused-ring (bicyclic) bond motifs is 2. The largest absolute Gasteiger partial charge is 0.334 e. The van der Waals surface area contributed by atoms with Crippen molar-refractivity contribution in [2.75, 3.05) is 18.0 Å². The summed E-state index contributed by atoms with van der Waals surface area (Å²) >= 11 is 0. The van der Waals surface area contributed by atoms with Gasteiger partial charge in [-0.3, -0.25) is 14.2 Å². The molecule has 2 aromatic heterocycles. The molecule has 3 heterocycles. The molecule has 0 fully saturated rings. The van der Waals surface area contributed by atoms with Gasteiger partial charge in [-0.05, 0) is 29.3 Å². The SMILES string of the molecule is O=C(CN1CCCn2c1nc(-c1ccncn1)cc2=O)c1ccc2ccccc2c1. The Bertz CT molecular complexity index is 1300. The molecule has 0 N–H and O–H groups in total. The van der Waals surface area contributed by atoms with Gasteiger partial charge in [-0.25, -0.2) is 15.0 Å². The molecule has 0 saturated heterocycles. The molecule has 0 spiro atoms. The molecule has 0 unspecified atom stereocenters. The van der Waals surface area contributed by atoms with Crippen LogP contribution in [0.15, 0.2) is 71.9 Å². The molecule has 0 amide bonds. The molecular formula is C23H19N5O2. The fourth-order valence-corrected chi connectivity index (χ4v) is 3.82. The van der Waals surface area contributed by atoms with E-state index >= 15 is 0 Å². The van der Waals surface area contributed by atoms with Crippen LogP contribution in [0, 0.1) is 0 Å². The number of nitrogens with zero attached hydrogens (tertiary/aromatic N) is 5. The average molecular weight is 397 g/mol. The van der Waals surface area contributed by atoms with E-state index in [2.05, 4.69) is 15.0 Å². The lowest BCUT2D eigenvalue weighted by Crippen LogP contribution is -2.41. The van der Waals surface area contributed by atoms with Crippen molar-refractivity contribution in [1.29, 1.82) is 0 Å². The number of carbonyl (C=O) groups excluding carboxylic acids is 1. The number of benzene rings is 2. The van der Waals surface area contributed by atoms with Crippen LogP contribution in [-0.4, -0.2) is 38.4 Å². The Balaban J connectivity index is 1.48. The lowest BCUT2D eigenvalue weighted by molar-refractivity contribution is 0.0997. The van der Waals surface area contributed by atoms with Crippen LogP contribution in [0.3, 0.4) is 0 Å². The quantitative estimate of drug-likeness (QED) is 0.493. The first-order valence-corrected chi connectivity index (χ1v) is 9.84. The van der Waals surface area contributed by atoms with Crippen molar-refractivity contribution in [3.8, 4) is 11.4 Å². The van der Waals surface area contributed by atoms with Gasteiger partial charge in [-0.2, -0.15) is 0 Å². The van der Waals surface area contributed by atoms with E-state index in [1.807, 2.05) is 47.4 Å². The molecule has 30 heavy (non-hydrogen) atoms. The molecule has 0 atom stereocenters. The molecule has 0 radical (unpaired) electrons. The van der Waals surface area contributed by atoms with Gasteiger partial charge in [-0.15, -0.1) is 0 Å². The predicted molar refractivity (Wildman–Crippen MR) is 115 cm³/mol. The average Bonchev–Trinajstić information content (AvgIpc) is 2.79. The minimum Gasteiger partial charge on any atom is -0.334 e. The van der Waals surface area contributed by atoms with E-state index in [0.717, 1.165) is 17.2 Å². The number of ketones is 1. The summed E-state index contributed by atoms with van der Waals surface area (Å²) in [6.07, 6.45) is 3.82. The molecule has 148 valence electrons. The van der Waals surface area contributed by atoms with Crippen molar-refractivity contribution >= 4 is 22.5 Å². The summed E-state index contributed by atoms with van der Waals surface area (Å²) < 4.78 is 1.63. The van der Waals surface area contributed by atoms with Gasteiger partial charge in [0.25, 0.3) is 5.56 Å². The van der Waals surface area contributed by atoms with Crippen LogP contribution < -0.4 is 10.5 Å². The number of carbonyl (C=O) groups is 1. The first-order valence-electron chi connectivity index (χ1n) is 9.84. The lowest BCUT2D eigenvalue weighted by Gasteiger charge is -2.30. The highest BCUT2D eigenvalue weighted by Crippen LogP contribution is 2.22. The van der Waals surface area contributed by atoms with Crippen molar-refractivity contribution in [3.63, 3.8) is 0 Å². The van der Waals surface area contributed by atoms with Crippen molar-refractivity contribution in [3.05, 3.63) is 83.0 Å². The van der Waals surface area contributed by atoms with Crippen molar-refractivity contribution in [1.82, 2.24) is 19.5 Å². The highest BCUT2D eigenvalue weighted by Gasteiger charge is 2.23. The van der Waals surface area contributed by atoms with E-state index in [9.17, 15) is 9.59 Å². The summed E-state index contributed by atoms with van der Waals surface area (Å²) in [4.78, 5) is 40.4. The summed E-state index contributed by atoms with van der Waals surface area (Å²) in [7, 11) is 0. The van der Waals surface area contributed by atoms with Crippen LogP contribution in [0.5, 0.6) is 0 Å². The van der Waals surface area contributed by atoms with Crippen LogP contribution >= 0.6 is 0 Å². The Kier molecular flexibility index (Phi) is 4.55. The second-order valence-electron chi connectivity index (χ2n) is 7.29. The standard InChI is InChI=1S/C23H19N5O2/c29-21(18-7-6-16-4-1-2-5-17(16)12-18)14-27-10-3-11-28-22(30)13-20(26-23(27)28)19-8-9-24-15-25-19/h1-2,4-9,12-13,15H,3,10-11,14H2. The molecule has 5 rings (SSSR count). The molecular weight excluding hydrogens is 378 g/mol. The second-order valence-corrected chi connectivity index (χ2v) is 7.29. The van der Waals surface area contributed by atoms with Gasteiger partial charge < -0.3 is 4.90 Å². The van der Waals surface area contributed by atoms with Gasteiger partial charge in [0.2, 0.25) is 5.95 Å². The highest BCUT2D eigenvalue weighted by molar-refractivity contribution is 6.02. The number of Topliss-reactive ketones (excluding diaryl/α,β-unsaturated/α-hetero) is 1. The highest BCUT2D eigenvalue weighted by atomic mass is 16.1. The zero-order valence-electron chi connectivity index (χ0n) is 16.2. The number of anilines is 1. The Morgan fingerprint density at radius 1 is 0.967 bits per heavy atom. The molecule has 0 aliphatic carbocycles. The van der Waals surface area contributed by atoms with Gasteiger partial charge in [-0.1, -0.05) is 36.4 Å². The molecule has 4 aromatic rings. The Labute approximate surface area is 172 Å². The fraction of sp³-hybridized carbons (Fsp3) is 0.174. The van der Waals surface area contributed by atoms with Gasteiger partial charge in [0.05, 0.1) is 17.9 Å². The predicted octanol–water partition coefficient (Wildman–Crippen LogP) is 2.95. The Morgan fingerprint density at radius 3 is 2.67 bits per heavy atom. The number of rotatable bonds is 4. The van der Waals surface area contributed by atoms with Crippen LogP contribution in [0.25, 0.3) is 22.2 Å². The van der Waals surface area contributed by atoms with Gasteiger partial charge in [0, 0.05) is 30.9 Å². The molecule has 0 saturated carbocycles. The minimum atomic E-state index is -0.142. The first kappa shape index (κ1) is 18.2. The van der Waals surface area contributed by atoms with E-state index < -0.39 is 0 Å². The third-order valence-electron chi connectivity index (χ3n) is 5.33. The summed E-state index contributed by atoms with van der Waals surface area (Å²) in [6, 6.07) is 16.9. The third kappa shape index (κ3) is 3.34. The molecule has 1 aliphatic rings. The van der Waals surface area contributed by atoms with Crippen LogP contribution in [0.4, 0.5) is 5.95 Å². The van der Waals surface area contributed by atoms with Crippen LogP contribution in [0.2, 0.25) is 0 Å². The lowest BCUT2D eigenvalue weighted by atomic mass is 10.0. The van der Waals surface area contributed by atoms with E-state index in [4.69, 9.17) is 0 Å². The van der Waals surface area contributed by atoms with Crippen molar-refractivity contribution in [2.24, 2.45) is 0 Å². The van der Waals surface area contributed by atoms with E-state index in [0.29, 0.717) is 36.0 Å². The smallest absolute Gasteiger partial charge is 0.255 e. The van der Waals surface area contributed by atoms with E-state index in [-0.39, 0.29) is 17.9 Å². The first-order chi connectivity index (χ1) is 14.7. The number of hydrogen-bond acceptors (Lipinski definition) is 6. The van der Waals surface area contributed by atoms with Crippen LogP contribution in [-0.2, 0) is 6.54 Å². The zero-order chi connectivity index (χ0) is 20.5. The maximum atomic E-state index is 13.0. The summed E-state index contributed by atoms with van der Waals surface area (Å²) in [6.45, 7) is 1.42. The number of hydrogen-bond donors (Lipinski definition) is 0. The van der Waals surface area contributed by atoms with E-state index in [1.54, 1.807) is 16.8 Å². The Morgan fingerprint density at radius 2 is 1.83 bits per heavy atom. The van der Waals surface area contributed by atoms with Crippen molar-refractivity contribution < 1.29 is 4.79 Å². The van der Waals surface area contributed by atoms with Gasteiger partial charge >= 0.3 is 0 Å². The Hall–Kier alpha value is -3.87. The molecule has 2 aromatic carbocycles. The van der Waals surface area contributed by atoms with E-state index in [1.165, 1.54) is 12.4 Å². The molecule has 7 heteroatoms. The fourth-order valence-electron chi connectivity index (χ4n) is 3.82. The molecule has 0 bridgehead atoms. The monoisotopic (exact) mass is 397 g/mol. The minimum absolute atomic E-state index is 0.00380. The second kappa shape index (κ2) is 7.51.